The number of thiocarbonyl (C=S) groups is 1. The zero-order valence-corrected chi connectivity index (χ0v) is 14.2. The van der Waals surface area contributed by atoms with Crippen LogP contribution in [0.1, 0.15) is 12.5 Å². The summed E-state index contributed by atoms with van der Waals surface area (Å²) in [6, 6.07) is 5.34. The molecule has 23 heavy (non-hydrogen) atoms. The van der Waals surface area contributed by atoms with Gasteiger partial charge in [-0.1, -0.05) is 36.1 Å². The Morgan fingerprint density at radius 1 is 1.48 bits per heavy atom. The fraction of sp³-hybridized carbons (Fsp3) is 0.267. The smallest absolute Gasteiger partial charge is 0.323 e. The number of carboxylic acids is 1. The molecule has 1 aliphatic rings. The molecule has 0 saturated carbocycles. The van der Waals surface area contributed by atoms with Gasteiger partial charge in [0.15, 0.2) is 11.5 Å². The van der Waals surface area contributed by atoms with Gasteiger partial charge in [-0.25, -0.2) is 0 Å². The Labute approximate surface area is 143 Å². The number of carbonyl (C=O) groups is 2. The van der Waals surface area contributed by atoms with Gasteiger partial charge in [0.05, 0.1) is 18.6 Å². The van der Waals surface area contributed by atoms with Crippen LogP contribution in [0.15, 0.2) is 23.1 Å². The standard InChI is InChI=1S/C15H15NO5S2/c1-3-21-10-6-4-5-9(13(10)20-2)7-11-14(19)16(8-12(17)18)15(22)23-11/h4-7H,3,8H2,1-2H3,(H,17,18)/b11-7-. The van der Waals surface area contributed by atoms with E-state index in [1.54, 1.807) is 24.3 Å². The summed E-state index contributed by atoms with van der Waals surface area (Å²) in [6.07, 6.45) is 1.63. The van der Waals surface area contributed by atoms with Crippen molar-refractivity contribution >= 4 is 46.3 Å². The Morgan fingerprint density at radius 2 is 2.22 bits per heavy atom. The summed E-state index contributed by atoms with van der Waals surface area (Å²) in [5.41, 5.74) is 0.661. The van der Waals surface area contributed by atoms with Gasteiger partial charge >= 0.3 is 5.97 Å². The summed E-state index contributed by atoms with van der Waals surface area (Å²) in [6.45, 7) is 1.90. The van der Waals surface area contributed by atoms with Crippen molar-refractivity contribution in [2.24, 2.45) is 0 Å². The Morgan fingerprint density at radius 3 is 2.83 bits per heavy atom. The number of ether oxygens (including phenoxy) is 2. The van der Waals surface area contributed by atoms with E-state index in [9.17, 15) is 9.59 Å². The van der Waals surface area contributed by atoms with Gasteiger partial charge in [0.1, 0.15) is 10.9 Å². The van der Waals surface area contributed by atoms with Crippen molar-refractivity contribution in [2.75, 3.05) is 20.3 Å². The van der Waals surface area contributed by atoms with E-state index < -0.39 is 18.4 Å². The predicted molar refractivity (Wildman–Crippen MR) is 91.7 cm³/mol. The SMILES string of the molecule is CCOc1cccc(/C=C2\SC(=S)N(CC(=O)O)C2=O)c1OC. The number of para-hydroxylation sites is 1. The molecule has 122 valence electrons. The number of nitrogens with zero attached hydrogens (tertiary/aromatic N) is 1. The summed E-state index contributed by atoms with van der Waals surface area (Å²) in [7, 11) is 1.52. The van der Waals surface area contributed by atoms with E-state index in [-0.39, 0.29) is 4.32 Å². The maximum absolute atomic E-state index is 12.3. The fourth-order valence-corrected chi connectivity index (χ4v) is 3.29. The summed E-state index contributed by atoms with van der Waals surface area (Å²) in [5, 5.41) is 8.84. The Hall–Kier alpha value is -2.06. The highest BCUT2D eigenvalue weighted by molar-refractivity contribution is 8.26. The summed E-state index contributed by atoms with van der Waals surface area (Å²) in [5.74, 6) is -0.452. The third-order valence-electron chi connectivity index (χ3n) is 2.97. The second kappa shape index (κ2) is 7.47. The van der Waals surface area contributed by atoms with Crippen LogP contribution in [-0.2, 0) is 9.59 Å². The number of thioether (sulfide) groups is 1. The van der Waals surface area contributed by atoms with E-state index in [0.29, 0.717) is 28.6 Å². The lowest BCUT2D eigenvalue weighted by molar-refractivity contribution is -0.140. The molecule has 0 unspecified atom stereocenters. The third-order valence-corrected chi connectivity index (χ3v) is 4.34. The van der Waals surface area contributed by atoms with Gasteiger partial charge < -0.3 is 14.6 Å². The molecule has 6 nitrogen and oxygen atoms in total. The molecule has 1 aromatic carbocycles. The van der Waals surface area contributed by atoms with Crippen molar-refractivity contribution in [3.05, 3.63) is 28.7 Å². The first-order chi connectivity index (χ1) is 11.0. The van der Waals surface area contributed by atoms with Crippen LogP contribution in [0.4, 0.5) is 0 Å². The second-order valence-corrected chi connectivity index (χ2v) is 6.15. The molecule has 8 heteroatoms. The maximum Gasteiger partial charge on any atom is 0.323 e. The number of amides is 1. The number of methoxy groups -OCH3 is 1. The van der Waals surface area contributed by atoms with Crippen LogP contribution >= 0.6 is 24.0 Å². The second-order valence-electron chi connectivity index (χ2n) is 4.47. The van der Waals surface area contributed by atoms with E-state index in [0.717, 1.165) is 16.7 Å². The van der Waals surface area contributed by atoms with Gasteiger partial charge in [0, 0.05) is 5.56 Å². The molecule has 1 heterocycles. The average Bonchev–Trinajstić information content (AvgIpc) is 2.75. The van der Waals surface area contributed by atoms with E-state index in [1.807, 2.05) is 6.92 Å². The fourth-order valence-electron chi connectivity index (χ4n) is 2.05. The summed E-state index contributed by atoms with van der Waals surface area (Å²) in [4.78, 5) is 24.5. The largest absolute Gasteiger partial charge is 0.492 e. The molecular weight excluding hydrogens is 338 g/mol. The summed E-state index contributed by atoms with van der Waals surface area (Å²) >= 11 is 6.13. The maximum atomic E-state index is 12.3. The van der Waals surface area contributed by atoms with Crippen molar-refractivity contribution in [3.8, 4) is 11.5 Å². The van der Waals surface area contributed by atoms with Crippen LogP contribution in [-0.4, -0.2) is 46.5 Å². The van der Waals surface area contributed by atoms with Crippen LogP contribution < -0.4 is 9.47 Å². The quantitative estimate of drug-likeness (QED) is 0.621. The number of rotatable bonds is 6. The minimum atomic E-state index is -1.11. The van der Waals surface area contributed by atoms with Crippen molar-refractivity contribution in [1.82, 2.24) is 4.90 Å². The van der Waals surface area contributed by atoms with Gasteiger partial charge in [0.25, 0.3) is 5.91 Å². The van der Waals surface area contributed by atoms with Gasteiger partial charge in [-0.2, -0.15) is 0 Å². The van der Waals surface area contributed by atoms with Crippen LogP contribution in [0.5, 0.6) is 11.5 Å². The van der Waals surface area contributed by atoms with E-state index in [2.05, 4.69) is 0 Å². The Bertz CT molecular complexity index is 686. The van der Waals surface area contributed by atoms with Crippen LogP contribution in [0.2, 0.25) is 0 Å². The first-order valence-electron chi connectivity index (χ1n) is 6.74. The van der Waals surface area contributed by atoms with Crippen molar-refractivity contribution in [2.45, 2.75) is 6.92 Å². The molecule has 1 aliphatic heterocycles. The zero-order chi connectivity index (χ0) is 17.0. The topological polar surface area (TPSA) is 76.1 Å². The molecule has 2 rings (SSSR count). The number of benzene rings is 1. The van der Waals surface area contributed by atoms with Gasteiger partial charge in [-0.3, -0.25) is 14.5 Å². The van der Waals surface area contributed by atoms with Crippen LogP contribution in [0.3, 0.4) is 0 Å². The highest BCUT2D eigenvalue weighted by Crippen LogP contribution is 2.37. The first kappa shape index (κ1) is 17.3. The monoisotopic (exact) mass is 353 g/mol. The van der Waals surface area contributed by atoms with Crippen LogP contribution in [0.25, 0.3) is 6.08 Å². The van der Waals surface area contributed by atoms with Gasteiger partial charge in [-0.05, 0) is 19.1 Å². The van der Waals surface area contributed by atoms with Crippen molar-refractivity contribution in [3.63, 3.8) is 0 Å². The highest BCUT2D eigenvalue weighted by atomic mass is 32.2. The van der Waals surface area contributed by atoms with E-state index >= 15 is 0 Å². The minimum absolute atomic E-state index is 0.226. The van der Waals surface area contributed by atoms with E-state index in [4.69, 9.17) is 26.8 Å². The third kappa shape index (κ3) is 3.83. The Balaban J connectivity index is 2.36. The molecule has 0 aromatic heterocycles. The molecule has 0 radical (unpaired) electrons. The normalized spacial score (nSPS) is 16.1. The lowest BCUT2D eigenvalue weighted by Crippen LogP contribution is -2.33. The molecule has 1 amide bonds. The molecule has 1 aromatic rings. The molecule has 0 bridgehead atoms. The molecular formula is C15H15NO5S2. The first-order valence-corrected chi connectivity index (χ1v) is 7.97. The Kier molecular flexibility index (Phi) is 5.62. The number of carboxylic acid groups (broad SMARTS) is 1. The number of carbonyl (C=O) groups excluding carboxylic acids is 1. The zero-order valence-electron chi connectivity index (χ0n) is 12.6. The molecule has 0 spiro atoms. The predicted octanol–water partition coefficient (Wildman–Crippen LogP) is 2.38. The lowest BCUT2D eigenvalue weighted by Gasteiger charge is -2.12. The van der Waals surface area contributed by atoms with E-state index in [1.165, 1.54) is 7.11 Å². The molecule has 1 saturated heterocycles. The molecule has 1 fully saturated rings. The van der Waals surface area contributed by atoms with Crippen molar-refractivity contribution < 1.29 is 24.2 Å². The number of aliphatic carboxylic acids is 1. The van der Waals surface area contributed by atoms with Crippen molar-refractivity contribution in [1.29, 1.82) is 0 Å². The minimum Gasteiger partial charge on any atom is -0.492 e. The molecule has 1 N–H and O–H groups in total. The number of hydrogen-bond donors (Lipinski definition) is 1. The molecule has 0 aliphatic carbocycles. The summed E-state index contributed by atoms with van der Waals surface area (Å²) < 4.78 is 11.1. The number of hydrogen-bond acceptors (Lipinski definition) is 6. The highest BCUT2D eigenvalue weighted by Gasteiger charge is 2.33. The average molecular weight is 353 g/mol. The van der Waals surface area contributed by atoms with Gasteiger partial charge in [-0.15, -0.1) is 0 Å². The van der Waals surface area contributed by atoms with Gasteiger partial charge in [0.2, 0.25) is 0 Å². The lowest BCUT2D eigenvalue weighted by atomic mass is 10.1. The molecule has 0 atom stereocenters. The van der Waals surface area contributed by atoms with Crippen LogP contribution in [0, 0.1) is 0 Å².